The van der Waals surface area contributed by atoms with Gasteiger partial charge in [0.2, 0.25) is 0 Å². The Hall–Kier alpha value is -2.20. The van der Waals surface area contributed by atoms with Crippen LogP contribution in [0.4, 0.5) is 0 Å². The number of hydrogen-bond donors (Lipinski definition) is 1. The third-order valence-electron chi connectivity index (χ3n) is 2.71. The van der Waals surface area contributed by atoms with Crippen molar-refractivity contribution in [3.63, 3.8) is 0 Å². The Balaban J connectivity index is 2.19. The lowest BCUT2D eigenvalue weighted by Gasteiger charge is -2.02. The molecule has 0 aliphatic carbocycles. The molecule has 0 amide bonds. The first-order valence-corrected chi connectivity index (χ1v) is 5.47. The predicted molar refractivity (Wildman–Crippen MR) is 66.3 cm³/mol. The Morgan fingerprint density at radius 2 is 1.88 bits per heavy atom. The monoisotopic (exact) mass is 224 g/mol. The molecule has 0 spiro atoms. The van der Waals surface area contributed by atoms with Crippen LogP contribution in [0.3, 0.4) is 0 Å². The Bertz CT molecular complexity index is 643. The molecule has 1 aromatic carbocycles. The number of rotatable bonds is 2. The third-order valence-corrected chi connectivity index (χ3v) is 2.71. The highest BCUT2D eigenvalue weighted by atomic mass is 15.3. The molecule has 0 aliphatic rings. The van der Waals surface area contributed by atoms with Crippen molar-refractivity contribution < 1.29 is 0 Å². The van der Waals surface area contributed by atoms with Gasteiger partial charge in [-0.15, -0.1) is 0 Å². The van der Waals surface area contributed by atoms with E-state index in [2.05, 4.69) is 10.1 Å². The molecule has 2 N–H and O–H groups in total. The summed E-state index contributed by atoms with van der Waals surface area (Å²) in [6, 6.07) is 14.0. The van der Waals surface area contributed by atoms with Crippen molar-refractivity contribution in [3.05, 3.63) is 54.4 Å². The molecular weight excluding hydrogens is 212 g/mol. The molecule has 0 atom stereocenters. The number of benzene rings is 1. The van der Waals surface area contributed by atoms with Crippen molar-refractivity contribution in [2.45, 2.75) is 6.54 Å². The smallest absolute Gasteiger partial charge is 0.153 e. The zero-order valence-electron chi connectivity index (χ0n) is 9.24. The van der Waals surface area contributed by atoms with Crippen LogP contribution in [0.1, 0.15) is 5.69 Å². The minimum absolute atomic E-state index is 0.437. The van der Waals surface area contributed by atoms with Crippen molar-refractivity contribution in [1.29, 1.82) is 0 Å². The highest BCUT2D eigenvalue weighted by Gasteiger charge is 2.05. The number of hydrogen-bond acceptors (Lipinski definition) is 3. The molecular formula is C13H12N4. The van der Waals surface area contributed by atoms with E-state index in [-0.39, 0.29) is 0 Å². The van der Waals surface area contributed by atoms with Crippen LogP contribution in [0.15, 0.2) is 48.7 Å². The second kappa shape index (κ2) is 3.99. The van der Waals surface area contributed by atoms with Crippen LogP contribution in [-0.4, -0.2) is 14.6 Å². The van der Waals surface area contributed by atoms with Crippen molar-refractivity contribution >= 4 is 5.65 Å². The van der Waals surface area contributed by atoms with Gasteiger partial charge in [0.1, 0.15) is 0 Å². The second-order valence-corrected chi connectivity index (χ2v) is 3.81. The number of fused-ring (bicyclic) bond motifs is 1. The molecule has 4 heteroatoms. The lowest BCUT2D eigenvalue weighted by atomic mass is 10.1. The largest absolute Gasteiger partial charge is 0.325 e. The van der Waals surface area contributed by atoms with Crippen LogP contribution in [0.2, 0.25) is 0 Å². The normalized spacial score (nSPS) is 10.9. The second-order valence-electron chi connectivity index (χ2n) is 3.81. The van der Waals surface area contributed by atoms with Gasteiger partial charge in [-0.25, -0.2) is 9.50 Å². The molecule has 0 fully saturated rings. The zero-order chi connectivity index (χ0) is 11.7. The van der Waals surface area contributed by atoms with Crippen molar-refractivity contribution in [2.75, 3.05) is 0 Å². The Labute approximate surface area is 98.7 Å². The van der Waals surface area contributed by atoms with Crippen LogP contribution in [-0.2, 0) is 6.54 Å². The summed E-state index contributed by atoms with van der Waals surface area (Å²) in [7, 11) is 0. The molecule has 0 aliphatic heterocycles. The van der Waals surface area contributed by atoms with Crippen LogP contribution < -0.4 is 5.73 Å². The maximum absolute atomic E-state index is 5.65. The van der Waals surface area contributed by atoms with Gasteiger partial charge in [-0.05, 0) is 12.1 Å². The quantitative estimate of drug-likeness (QED) is 0.722. The van der Waals surface area contributed by atoms with E-state index < -0.39 is 0 Å². The Morgan fingerprint density at radius 1 is 1.06 bits per heavy atom. The molecule has 0 radical (unpaired) electrons. The van der Waals surface area contributed by atoms with Gasteiger partial charge in [-0.1, -0.05) is 30.3 Å². The summed E-state index contributed by atoms with van der Waals surface area (Å²) in [5, 5.41) is 4.55. The van der Waals surface area contributed by atoms with Crippen LogP contribution in [0.5, 0.6) is 0 Å². The van der Waals surface area contributed by atoms with Gasteiger partial charge in [-0.3, -0.25) is 0 Å². The average molecular weight is 224 g/mol. The Morgan fingerprint density at radius 3 is 2.65 bits per heavy atom. The molecule has 0 unspecified atom stereocenters. The van der Waals surface area contributed by atoms with Crippen molar-refractivity contribution in [2.24, 2.45) is 5.73 Å². The highest BCUT2D eigenvalue weighted by Crippen LogP contribution is 2.17. The first-order valence-electron chi connectivity index (χ1n) is 5.47. The summed E-state index contributed by atoms with van der Waals surface area (Å²) >= 11 is 0. The first-order chi connectivity index (χ1) is 8.38. The lowest BCUT2D eigenvalue weighted by molar-refractivity contribution is 0.850. The number of nitrogens with zero attached hydrogens (tertiary/aromatic N) is 3. The molecule has 0 saturated carbocycles. The standard InChI is InChI=1S/C13H12N4/c14-8-11-9-15-13-7-6-12(16-17(11)13)10-4-2-1-3-5-10/h1-7,9H,8,14H2. The van der Waals surface area contributed by atoms with E-state index in [4.69, 9.17) is 5.73 Å². The minimum Gasteiger partial charge on any atom is -0.325 e. The summed E-state index contributed by atoms with van der Waals surface area (Å²) in [5.41, 5.74) is 9.40. The third kappa shape index (κ3) is 1.68. The fraction of sp³-hybridized carbons (Fsp3) is 0.0769. The van der Waals surface area contributed by atoms with Gasteiger partial charge < -0.3 is 5.73 Å². The predicted octanol–water partition coefficient (Wildman–Crippen LogP) is 1.85. The topological polar surface area (TPSA) is 56.2 Å². The summed E-state index contributed by atoms with van der Waals surface area (Å²) in [6.07, 6.45) is 1.76. The molecule has 3 rings (SSSR count). The summed E-state index contributed by atoms with van der Waals surface area (Å²) in [4.78, 5) is 4.24. The number of nitrogens with two attached hydrogens (primary N) is 1. The molecule has 4 nitrogen and oxygen atoms in total. The summed E-state index contributed by atoms with van der Waals surface area (Å²) in [5.74, 6) is 0. The minimum atomic E-state index is 0.437. The molecule has 2 aromatic heterocycles. The van der Waals surface area contributed by atoms with Gasteiger partial charge in [0.15, 0.2) is 5.65 Å². The van der Waals surface area contributed by atoms with E-state index in [1.54, 1.807) is 10.7 Å². The van der Waals surface area contributed by atoms with Crippen LogP contribution in [0, 0.1) is 0 Å². The van der Waals surface area contributed by atoms with Gasteiger partial charge >= 0.3 is 0 Å². The van der Waals surface area contributed by atoms with Gasteiger partial charge in [0.25, 0.3) is 0 Å². The Kier molecular flexibility index (Phi) is 2.34. The highest BCUT2D eigenvalue weighted by molar-refractivity contribution is 5.60. The number of aromatic nitrogens is 3. The van der Waals surface area contributed by atoms with E-state index in [1.165, 1.54) is 0 Å². The molecule has 3 aromatic rings. The summed E-state index contributed by atoms with van der Waals surface area (Å²) < 4.78 is 1.79. The molecule has 0 saturated heterocycles. The molecule has 0 bridgehead atoms. The molecule has 84 valence electrons. The van der Waals surface area contributed by atoms with E-state index in [0.29, 0.717) is 6.54 Å². The van der Waals surface area contributed by atoms with E-state index in [9.17, 15) is 0 Å². The SMILES string of the molecule is NCc1cnc2ccc(-c3ccccc3)nn12. The number of imidazole rings is 1. The van der Waals surface area contributed by atoms with E-state index >= 15 is 0 Å². The van der Waals surface area contributed by atoms with E-state index in [0.717, 1.165) is 22.6 Å². The van der Waals surface area contributed by atoms with E-state index in [1.807, 2.05) is 42.5 Å². The maximum atomic E-state index is 5.65. The van der Waals surface area contributed by atoms with Gasteiger partial charge in [0, 0.05) is 12.1 Å². The van der Waals surface area contributed by atoms with Crippen molar-refractivity contribution in [1.82, 2.24) is 14.6 Å². The molecule has 2 heterocycles. The zero-order valence-corrected chi connectivity index (χ0v) is 9.24. The fourth-order valence-electron chi connectivity index (χ4n) is 1.82. The molecule has 17 heavy (non-hydrogen) atoms. The average Bonchev–Trinajstić information content (AvgIpc) is 2.81. The first kappa shape index (κ1) is 9.99. The van der Waals surface area contributed by atoms with Crippen LogP contribution >= 0.6 is 0 Å². The maximum Gasteiger partial charge on any atom is 0.153 e. The lowest BCUT2D eigenvalue weighted by Crippen LogP contribution is -2.04. The van der Waals surface area contributed by atoms with Crippen molar-refractivity contribution in [3.8, 4) is 11.3 Å². The van der Waals surface area contributed by atoms with Gasteiger partial charge in [0.05, 0.1) is 17.6 Å². The van der Waals surface area contributed by atoms with Gasteiger partial charge in [-0.2, -0.15) is 5.10 Å². The summed E-state index contributed by atoms with van der Waals surface area (Å²) in [6.45, 7) is 0.437. The van der Waals surface area contributed by atoms with Crippen LogP contribution in [0.25, 0.3) is 16.9 Å². The fourth-order valence-corrected chi connectivity index (χ4v) is 1.82.